The molecule has 2 atom stereocenters. The molecule has 0 spiro atoms. The molecule has 0 aromatic heterocycles. The standard InChI is InChI=1S/C11H20N2O3S/c1-3-11(7-12)17(14,15)13(2)8-10-5-4-6-16-9-10/h10-11H,3-6,8-9H2,1-2H3. The molecule has 1 fully saturated rings. The van der Waals surface area contributed by atoms with E-state index in [9.17, 15) is 8.42 Å². The van der Waals surface area contributed by atoms with E-state index >= 15 is 0 Å². The summed E-state index contributed by atoms with van der Waals surface area (Å²) in [5.41, 5.74) is 0. The van der Waals surface area contributed by atoms with Gasteiger partial charge < -0.3 is 4.74 Å². The van der Waals surface area contributed by atoms with Gasteiger partial charge in [0.05, 0.1) is 12.7 Å². The predicted molar refractivity (Wildman–Crippen MR) is 64.8 cm³/mol. The van der Waals surface area contributed by atoms with Crippen molar-refractivity contribution in [1.29, 1.82) is 5.26 Å². The van der Waals surface area contributed by atoms with Crippen LogP contribution < -0.4 is 0 Å². The van der Waals surface area contributed by atoms with Crippen molar-refractivity contribution in [1.82, 2.24) is 4.31 Å². The van der Waals surface area contributed by atoms with E-state index in [2.05, 4.69) is 0 Å². The van der Waals surface area contributed by atoms with Crippen molar-refractivity contribution < 1.29 is 13.2 Å². The number of hydrogen-bond donors (Lipinski definition) is 0. The first-order chi connectivity index (χ1) is 8.02. The van der Waals surface area contributed by atoms with Crippen molar-refractivity contribution in [2.45, 2.75) is 31.4 Å². The molecular weight excluding hydrogens is 240 g/mol. The van der Waals surface area contributed by atoms with Gasteiger partial charge in [0.25, 0.3) is 0 Å². The molecule has 1 aliphatic heterocycles. The second-order valence-corrected chi connectivity index (χ2v) is 6.66. The molecule has 1 rings (SSSR count). The molecule has 0 radical (unpaired) electrons. The molecule has 0 bridgehead atoms. The summed E-state index contributed by atoms with van der Waals surface area (Å²) in [5.74, 6) is 0.250. The van der Waals surface area contributed by atoms with Gasteiger partial charge in [0.15, 0.2) is 5.25 Å². The van der Waals surface area contributed by atoms with E-state index in [1.54, 1.807) is 14.0 Å². The molecule has 98 valence electrons. The molecule has 0 aromatic rings. The molecule has 1 aliphatic rings. The zero-order valence-corrected chi connectivity index (χ0v) is 11.2. The van der Waals surface area contributed by atoms with Gasteiger partial charge in [-0.3, -0.25) is 0 Å². The van der Waals surface area contributed by atoms with Crippen molar-refractivity contribution >= 4 is 10.0 Å². The Morgan fingerprint density at radius 2 is 2.29 bits per heavy atom. The Balaban J connectivity index is 2.62. The fourth-order valence-electron chi connectivity index (χ4n) is 2.00. The molecule has 0 N–H and O–H groups in total. The Bertz CT molecular complexity index is 369. The largest absolute Gasteiger partial charge is 0.381 e. The molecular formula is C11H20N2O3S. The Morgan fingerprint density at radius 1 is 1.59 bits per heavy atom. The minimum Gasteiger partial charge on any atom is -0.381 e. The fourth-order valence-corrected chi connectivity index (χ4v) is 3.41. The predicted octanol–water partition coefficient (Wildman–Crippen LogP) is 0.977. The van der Waals surface area contributed by atoms with Crippen LogP contribution in [-0.2, 0) is 14.8 Å². The Labute approximate surface area is 103 Å². The van der Waals surface area contributed by atoms with Crippen molar-refractivity contribution in [2.75, 3.05) is 26.8 Å². The summed E-state index contributed by atoms with van der Waals surface area (Å²) in [6.07, 6.45) is 2.29. The van der Waals surface area contributed by atoms with Crippen LogP contribution in [0.1, 0.15) is 26.2 Å². The highest BCUT2D eigenvalue weighted by Gasteiger charge is 2.30. The van der Waals surface area contributed by atoms with Crippen LogP contribution in [0, 0.1) is 17.2 Å². The third kappa shape index (κ3) is 3.66. The van der Waals surface area contributed by atoms with Crippen LogP contribution in [0.5, 0.6) is 0 Å². The molecule has 0 aromatic carbocycles. The van der Waals surface area contributed by atoms with Crippen molar-refractivity contribution in [3.63, 3.8) is 0 Å². The zero-order chi connectivity index (χ0) is 12.9. The maximum Gasteiger partial charge on any atom is 0.230 e. The van der Waals surface area contributed by atoms with Gasteiger partial charge >= 0.3 is 0 Å². The fraction of sp³-hybridized carbons (Fsp3) is 0.909. The van der Waals surface area contributed by atoms with Crippen LogP contribution in [0.3, 0.4) is 0 Å². The summed E-state index contributed by atoms with van der Waals surface area (Å²) in [7, 11) is -1.94. The first kappa shape index (κ1) is 14.4. The highest BCUT2D eigenvalue weighted by molar-refractivity contribution is 7.89. The topological polar surface area (TPSA) is 70.4 Å². The lowest BCUT2D eigenvalue weighted by Crippen LogP contribution is -2.39. The van der Waals surface area contributed by atoms with Gasteiger partial charge in [0.1, 0.15) is 0 Å². The number of nitrogens with zero attached hydrogens (tertiary/aromatic N) is 2. The smallest absolute Gasteiger partial charge is 0.230 e. The molecule has 0 amide bonds. The van der Waals surface area contributed by atoms with Crippen LogP contribution in [0.25, 0.3) is 0 Å². The lowest BCUT2D eigenvalue weighted by atomic mass is 10.0. The first-order valence-corrected chi connectivity index (χ1v) is 7.45. The average molecular weight is 260 g/mol. The van der Waals surface area contributed by atoms with Gasteiger partial charge in [-0.15, -0.1) is 0 Å². The lowest BCUT2D eigenvalue weighted by molar-refractivity contribution is 0.0495. The number of ether oxygens (including phenoxy) is 1. The minimum absolute atomic E-state index is 0.250. The number of nitriles is 1. The highest BCUT2D eigenvalue weighted by Crippen LogP contribution is 2.18. The molecule has 0 aliphatic carbocycles. The van der Waals surface area contributed by atoms with Crippen LogP contribution in [-0.4, -0.2) is 44.8 Å². The van der Waals surface area contributed by atoms with Crippen molar-refractivity contribution in [3.05, 3.63) is 0 Å². The third-order valence-corrected chi connectivity index (χ3v) is 5.25. The van der Waals surface area contributed by atoms with E-state index in [1.165, 1.54) is 4.31 Å². The first-order valence-electron chi connectivity index (χ1n) is 5.94. The van der Waals surface area contributed by atoms with Gasteiger partial charge in [0, 0.05) is 20.2 Å². The van der Waals surface area contributed by atoms with E-state index in [4.69, 9.17) is 10.00 Å². The van der Waals surface area contributed by atoms with Gasteiger partial charge in [-0.25, -0.2) is 12.7 Å². The zero-order valence-electron chi connectivity index (χ0n) is 10.4. The average Bonchev–Trinajstić information content (AvgIpc) is 2.31. The molecule has 2 unspecified atom stereocenters. The van der Waals surface area contributed by atoms with Gasteiger partial charge in [0.2, 0.25) is 10.0 Å². The van der Waals surface area contributed by atoms with E-state index in [0.29, 0.717) is 19.6 Å². The summed E-state index contributed by atoms with van der Waals surface area (Å²) >= 11 is 0. The van der Waals surface area contributed by atoms with Crippen LogP contribution in [0.15, 0.2) is 0 Å². The number of sulfonamides is 1. The maximum atomic E-state index is 12.0. The molecule has 6 heteroatoms. The Hall–Kier alpha value is -0.640. The summed E-state index contributed by atoms with van der Waals surface area (Å²) in [4.78, 5) is 0. The summed E-state index contributed by atoms with van der Waals surface area (Å²) in [6, 6.07) is 1.85. The van der Waals surface area contributed by atoms with Crippen molar-refractivity contribution in [3.8, 4) is 6.07 Å². The molecule has 0 saturated carbocycles. The SMILES string of the molecule is CCC(C#N)S(=O)(=O)N(C)CC1CCCOC1. The monoisotopic (exact) mass is 260 g/mol. The highest BCUT2D eigenvalue weighted by atomic mass is 32.2. The quantitative estimate of drug-likeness (QED) is 0.738. The Morgan fingerprint density at radius 3 is 2.76 bits per heavy atom. The normalized spacial score (nSPS) is 23.3. The Kier molecular flexibility index (Phi) is 5.37. The second kappa shape index (κ2) is 6.34. The minimum atomic E-state index is -3.48. The van der Waals surface area contributed by atoms with E-state index < -0.39 is 15.3 Å². The van der Waals surface area contributed by atoms with Crippen LogP contribution >= 0.6 is 0 Å². The second-order valence-electron chi connectivity index (χ2n) is 4.43. The van der Waals surface area contributed by atoms with E-state index in [1.807, 2.05) is 6.07 Å². The number of rotatable bonds is 5. The summed E-state index contributed by atoms with van der Waals surface area (Å²) in [5, 5.41) is 7.90. The lowest BCUT2D eigenvalue weighted by Gasteiger charge is -2.27. The molecule has 17 heavy (non-hydrogen) atoms. The van der Waals surface area contributed by atoms with Gasteiger partial charge in [-0.2, -0.15) is 5.26 Å². The van der Waals surface area contributed by atoms with Crippen LogP contribution in [0.4, 0.5) is 0 Å². The molecule has 5 nitrogen and oxygen atoms in total. The maximum absolute atomic E-state index is 12.0. The third-order valence-electron chi connectivity index (χ3n) is 3.08. The number of hydrogen-bond acceptors (Lipinski definition) is 4. The van der Waals surface area contributed by atoms with Crippen LogP contribution in [0.2, 0.25) is 0 Å². The van der Waals surface area contributed by atoms with Gasteiger partial charge in [-0.05, 0) is 25.2 Å². The van der Waals surface area contributed by atoms with E-state index in [-0.39, 0.29) is 5.92 Å². The van der Waals surface area contributed by atoms with E-state index in [0.717, 1.165) is 19.4 Å². The summed E-state index contributed by atoms with van der Waals surface area (Å²) < 4.78 is 30.7. The summed E-state index contributed by atoms with van der Waals surface area (Å²) in [6.45, 7) is 3.54. The van der Waals surface area contributed by atoms with Crippen molar-refractivity contribution in [2.24, 2.45) is 5.92 Å². The molecule has 1 heterocycles. The molecule has 1 saturated heterocycles. The van der Waals surface area contributed by atoms with Gasteiger partial charge in [-0.1, -0.05) is 6.92 Å².